The van der Waals surface area contributed by atoms with Gasteiger partial charge in [-0.3, -0.25) is 4.79 Å². The number of rotatable bonds is 6. The Hall–Kier alpha value is -0.610. The summed E-state index contributed by atoms with van der Waals surface area (Å²) in [5.74, 6) is 0.434. The van der Waals surface area contributed by atoms with Crippen LogP contribution in [0.4, 0.5) is 0 Å². The highest BCUT2D eigenvalue weighted by molar-refractivity contribution is 5.83. The van der Waals surface area contributed by atoms with Gasteiger partial charge in [-0.25, -0.2) is 0 Å². The number of nitrogens with zero attached hydrogens (tertiary/aromatic N) is 1. The Labute approximate surface area is 92.0 Å². The zero-order valence-corrected chi connectivity index (χ0v) is 9.99. The smallest absolute Gasteiger partial charge is 0.237 e. The molecule has 0 aromatic rings. The fraction of sp³-hybridized carbons (Fsp3) is 0.909. The maximum atomic E-state index is 11.1. The molecule has 0 aromatic carbocycles. The molecule has 1 aliphatic carbocycles. The Morgan fingerprint density at radius 2 is 2.13 bits per heavy atom. The summed E-state index contributed by atoms with van der Waals surface area (Å²) in [7, 11) is 2.08. The Bertz CT molecular complexity index is 236. The SMILES string of the molecule is CC(CC(C)(N)C(N)=O)N(C)CC1CC1. The molecule has 4 heteroatoms. The van der Waals surface area contributed by atoms with Gasteiger partial charge in [0.1, 0.15) is 0 Å². The van der Waals surface area contributed by atoms with Crippen LogP contribution in [0.3, 0.4) is 0 Å². The molecule has 2 atom stereocenters. The third-order valence-electron chi connectivity index (χ3n) is 3.28. The first-order chi connectivity index (χ1) is 6.83. The van der Waals surface area contributed by atoms with Gasteiger partial charge in [-0.05, 0) is 46.1 Å². The van der Waals surface area contributed by atoms with E-state index in [4.69, 9.17) is 11.5 Å². The summed E-state index contributed by atoms with van der Waals surface area (Å²) in [6.07, 6.45) is 3.30. The second-order valence-corrected chi connectivity index (χ2v) is 5.22. The molecule has 1 fully saturated rings. The lowest BCUT2D eigenvalue weighted by atomic mass is 9.93. The van der Waals surface area contributed by atoms with Gasteiger partial charge in [0.05, 0.1) is 5.54 Å². The summed E-state index contributed by atoms with van der Waals surface area (Å²) < 4.78 is 0. The van der Waals surface area contributed by atoms with Gasteiger partial charge in [-0.2, -0.15) is 0 Å². The van der Waals surface area contributed by atoms with Crippen molar-refractivity contribution in [3.63, 3.8) is 0 Å². The van der Waals surface area contributed by atoms with E-state index in [2.05, 4.69) is 18.9 Å². The van der Waals surface area contributed by atoms with Crippen molar-refractivity contribution in [2.45, 2.75) is 44.7 Å². The van der Waals surface area contributed by atoms with Crippen molar-refractivity contribution in [1.29, 1.82) is 0 Å². The van der Waals surface area contributed by atoms with Gasteiger partial charge in [0.25, 0.3) is 0 Å². The topological polar surface area (TPSA) is 72.3 Å². The van der Waals surface area contributed by atoms with E-state index < -0.39 is 11.4 Å². The van der Waals surface area contributed by atoms with E-state index in [0.29, 0.717) is 12.5 Å². The molecule has 1 saturated carbocycles. The fourth-order valence-corrected chi connectivity index (χ4v) is 1.76. The van der Waals surface area contributed by atoms with Crippen LogP contribution in [0, 0.1) is 5.92 Å². The number of hydrogen-bond donors (Lipinski definition) is 2. The van der Waals surface area contributed by atoms with Crippen LogP contribution in [0.5, 0.6) is 0 Å². The molecule has 1 amide bonds. The van der Waals surface area contributed by atoms with Crippen molar-refractivity contribution in [3.8, 4) is 0 Å². The molecule has 88 valence electrons. The molecule has 2 unspecified atom stereocenters. The average molecular weight is 213 g/mol. The van der Waals surface area contributed by atoms with E-state index in [-0.39, 0.29) is 0 Å². The van der Waals surface area contributed by atoms with E-state index in [0.717, 1.165) is 12.5 Å². The number of hydrogen-bond acceptors (Lipinski definition) is 3. The Kier molecular flexibility index (Phi) is 3.73. The van der Waals surface area contributed by atoms with E-state index in [1.165, 1.54) is 12.8 Å². The van der Waals surface area contributed by atoms with Gasteiger partial charge < -0.3 is 16.4 Å². The molecule has 0 aromatic heterocycles. The Morgan fingerprint density at radius 3 is 2.53 bits per heavy atom. The molecule has 0 aliphatic heterocycles. The van der Waals surface area contributed by atoms with Gasteiger partial charge in [0, 0.05) is 12.6 Å². The van der Waals surface area contributed by atoms with Crippen molar-refractivity contribution in [2.75, 3.05) is 13.6 Å². The Morgan fingerprint density at radius 1 is 1.60 bits per heavy atom. The van der Waals surface area contributed by atoms with E-state index in [9.17, 15) is 4.79 Å². The highest BCUT2D eigenvalue weighted by Gasteiger charge is 2.31. The molecule has 0 radical (unpaired) electrons. The minimum absolute atomic E-state index is 0.299. The first-order valence-electron chi connectivity index (χ1n) is 5.62. The zero-order valence-electron chi connectivity index (χ0n) is 9.99. The summed E-state index contributed by atoms with van der Waals surface area (Å²) >= 11 is 0. The van der Waals surface area contributed by atoms with Gasteiger partial charge in [-0.15, -0.1) is 0 Å². The number of carbonyl (C=O) groups is 1. The number of carbonyl (C=O) groups excluding carboxylic acids is 1. The van der Waals surface area contributed by atoms with Crippen molar-refractivity contribution in [2.24, 2.45) is 17.4 Å². The minimum atomic E-state index is -0.892. The number of amides is 1. The molecule has 1 aliphatic rings. The molecular formula is C11H23N3O. The molecule has 0 saturated heterocycles. The van der Waals surface area contributed by atoms with Crippen LogP contribution in [0.15, 0.2) is 0 Å². The lowest BCUT2D eigenvalue weighted by Gasteiger charge is -2.30. The van der Waals surface area contributed by atoms with Crippen LogP contribution in [0.25, 0.3) is 0 Å². The average Bonchev–Trinajstić information content (AvgIpc) is 2.86. The zero-order chi connectivity index (χ0) is 11.6. The second-order valence-electron chi connectivity index (χ2n) is 5.22. The normalized spacial score (nSPS) is 22.5. The lowest BCUT2D eigenvalue weighted by Crippen LogP contribution is -2.53. The predicted molar refractivity (Wildman–Crippen MR) is 61.2 cm³/mol. The predicted octanol–water partition coefficient (Wildman–Crippen LogP) is 0.310. The van der Waals surface area contributed by atoms with Crippen LogP contribution >= 0.6 is 0 Å². The van der Waals surface area contributed by atoms with E-state index in [1.54, 1.807) is 6.92 Å². The van der Waals surface area contributed by atoms with Crippen LogP contribution in [0.1, 0.15) is 33.1 Å². The maximum absolute atomic E-state index is 11.1. The second kappa shape index (κ2) is 4.49. The lowest BCUT2D eigenvalue weighted by molar-refractivity contribution is -0.123. The summed E-state index contributed by atoms with van der Waals surface area (Å²) in [6.45, 7) is 4.91. The molecule has 1 rings (SSSR count). The third-order valence-corrected chi connectivity index (χ3v) is 3.28. The van der Waals surface area contributed by atoms with Gasteiger partial charge in [0.2, 0.25) is 5.91 Å². The summed E-state index contributed by atoms with van der Waals surface area (Å²) in [5.41, 5.74) is 10.2. The van der Waals surface area contributed by atoms with Crippen molar-refractivity contribution in [1.82, 2.24) is 4.90 Å². The van der Waals surface area contributed by atoms with Crippen molar-refractivity contribution in [3.05, 3.63) is 0 Å². The quantitative estimate of drug-likeness (QED) is 0.667. The van der Waals surface area contributed by atoms with E-state index >= 15 is 0 Å². The molecule has 15 heavy (non-hydrogen) atoms. The molecular weight excluding hydrogens is 190 g/mol. The first kappa shape index (κ1) is 12.5. The van der Waals surface area contributed by atoms with Crippen LogP contribution in [-0.4, -0.2) is 36.0 Å². The summed E-state index contributed by atoms with van der Waals surface area (Å²) in [6, 6.07) is 0.299. The molecule has 4 N–H and O–H groups in total. The number of primary amides is 1. The first-order valence-corrected chi connectivity index (χ1v) is 5.62. The maximum Gasteiger partial charge on any atom is 0.237 e. The monoisotopic (exact) mass is 213 g/mol. The van der Waals surface area contributed by atoms with Crippen LogP contribution < -0.4 is 11.5 Å². The highest BCUT2D eigenvalue weighted by Crippen LogP contribution is 2.30. The molecule has 0 bridgehead atoms. The molecule has 4 nitrogen and oxygen atoms in total. The summed E-state index contributed by atoms with van der Waals surface area (Å²) in [4.78, 5) is 13.4. The van der Waals surface area contributed by atoms with Crippen molar-refractivity contribution < 1.29 is 4.79 Å². The number of nitrogens with two attached hydrogens (primary N) is 2. The van der Waals surface area contributed by atoms with E-state index in [1.807, 2.05) is 0 Å². The minimum Gasteiger partial charge on any atom is -0.368 e. The largest absolute Gasteiger partial charge is 0.368 e. The van der Waals surface area contributed by atoms with Gasteiger partial charge in [0.15, 0.2) is 0 Å². The highest BCUT2D eigenvalue weighted by atomic mass is 16.1. The van der Waals surface area contributed by atoms with Gasteiger partial charge >= 0.3 is 0 Å². The van der Waals surface area contributed by atoms with Gasteiger partial charge in [-0.1, -0.05) is 0 Å². The van der Waals surface area contributed by atoms with Crippen molar-refractivity contribution >= 4 is 5.91 Å². The van der Waals surface area contributed by atoms with Crippen LogP contribution in [0.2, 0.25) is 0 Å². The van der Waals surface area contributed by atoms with Crippen LogP contribution in [-0.2, 0) is 4.79 Å². The molecule has 0 spiro atoms. The third kappa shape index (κ3) is 3.80. The Balaban J connectivity index is 2.38. The standard InChI is InChI=1S/C11H23N3O/c1-8(6-11(2,13)10(12)15)14(3)7-9-4-5-9/h8-9H,4-7,13H2,1-3H3,(H2,12,15). The fourth-order valence-electron chi connectivity index (χ4n) is 1.76. The summed E-state index contributed by atoms with van der Waals surface area (Å²) in [5, 5.41) is 0. The molecule has 0 heterocycles.